The maximum atomic E-state index is 10.0. The van der Waals surface area contributed by atoms with E-state index in [4.69, 9.17) is 14.9 Å². The molecule has 0 saturated carbocycles. The second kappa shape index (κ2) is 7.30. The van der Waals surface area contributed by atoms with Crippen molar-refractivity contribution in [2.24, 2.45) is 0 Å². The summed E-state index contributed by atoms with van der Waals surface area (Å²) in [5.74, 6) is 0. The van der Waals surface area contributed by atoms with Crippen LogP contribution in [0.1, 0.15) is 0 Å². The smallest absolute Gasteiger partial charge is 0.111 e. The Morgan fingerprint density at radius 3 is 2.27 bits per heavy atom. The minimum absolute atomic E-state index is 0.0202. The predicted octanol–water partition coefficient (Wildman–Crippen LogP) is -4.56. The second-order valence-corrected chi connectivity index (χ2v) is 5.66. The number of ether oxygens (including phenoxy) is 1. The van der Waals surface area contributed by atoms with Gasteiger partial charge >= 0.3 is 0 Å². The van der Waals surface area contributed by atoms with E-state index in [1.165, 1.54) is 6.08 Å². The molecule has 0 radical (unpaired) electrons. The van der Waals surface area contributed by atoms with Crippen molar-refractivity contribution < 1.29 is 40.5 Å². The van der Waals surface area contributed by atoms with E-state index in [2.05, 4.69) is 5.32 Å². The van der Waals surface area contributed by atoms with Crippen molar-refractivity contribution in [3.63, 3.8) is 0 Å². The Kier molecular flexibility index (Phi) is 5.88. The molecule has 1 heterocycles. The van der Waals surface area contributed by atoms with E-state index >= 15 is 0 Å². The van der Waals surface area contributed by atoms with Crippen molar-refractivity contribution in [1.82, 2.24) is 5.32 Å². The normalized spacial score (nSPS) is 46.4. The van der Waals surface area contributed by atoms with E-state index in [0.717, 1.165) is 0 Å². The van der Waals surface area contributed by atoms with Gasteiger partial charge in [0.1, 0.15) is 36.6 Å². The molecule has 8 atom stereocenters. The van der Waals surface area contributed by atoms with Crippen molar-refractivity contribution in [2.45, 2.75) is 48.7 Å². The van der Waals surface area contributed by atoms with Crippen molar-refractivity contribution >= 4 is 0 Å². The van der Waals surface area contributed by atoms with E-state index < -0.39 is 61.9 Å². The zero-order valence-corrected chi connectivity index (χ0v) is 11.9. The first-order valence-electron chi connectivity index (χ1n) is 7.11. The Labute approximate surface area is 127 Å². The van der Waals surface area contributed by atoms with Crippen LogP contribution in [0.15, 0.2) is 11.6 Å². The van der Waals surface area contributed by atoms with Crippen molar-refractivity contribution in [1.29, 1.82) is 0 Å². The molecule has 0 aromatic heterocycles. The molecule has 0 aromatic rings. The zero-order valence-electron chi connectivity index (χ0n) is 11.9. The van der Waals surface area contributed by atoms with Gasteiger partial charge in [0.25, 0.3) is 0 Å². The van der Waals surface area contributed by atoms with Crippen molar-refractivity contribution in [2.75, 3.05) is 19.8 Å². The largest absolute Gasteiger partial charge is 0.394 e. The molecule has 1 aliphatic heterocycles. The van der Waals surface area contributed by atoms with Gasteiger partial charge in [-0.1, -0.05) is 6.08 Å². The van der Waals surface area contributed by atoms with Gasteiger partial charge in [-0.2, -0.15) is 0 Å². The van der Waals surface area contributed by atoms with Crippen LogP contribution >= 0.6 is 0 Å². The summed E-state index contributed by atoms with van der Waals surface area (Å²) in [6.45, 7) is -0.938. The molecule has 0 aromatic carbocycles. The Morgan fingerprint density at radius 2 is 1.68 bits per heavy atom. The Balaban J connectivity index is 2.08. The van der Waals surface area contributed by atoms with Gasteiger partial charge in [-0.3, -0.25) is 0 Å². The highest BCUT2D eigenvalue weighted by Crippen LogP contribution is 2.22. The summed E-state index contributed by atoms with van der Waals surface area (Å²) in [7, 11) is 0. The average Bonchev–Trinajstić information content (AvgIpc) is 2.52. The predicted molar refractivity (Wildman–Crippen MR) is 72.7 cm³/mol. The molecule has 0 amide bonds. The minimum atomic E-state index is -1.48. The maximum Gasteiger partial charge on any atom is 0.111 e. The lowest BCUT2D eigenvalue weighted by Crippen LogP contribution is -2.64. The summed E-state index contributed by atoms with van der Waals surface area (Å²) in [6, 6.07) is -1.60. The van der Waals surface area contributed by atoms with Gasteiger partial charge in [0.05, 0.1) is 31.9 Å². The molecule has 2 rings (SSSR count). The number of hydrogen-bond acceptors (Lipinski definition) is 9. The molecule has 22 heavy (non-hydrogen) atoms. The second-order valence-electron chi connectivity index (χ2n) is 5.66. The van der Waals surface area contributed by atoms with Crippen LogP contribution in [0.5, 0.6) is 0 Å². The molecular weight excluding hydrogens is 298 g/mol. The minimum Gasteiger partial charge on any atom is -0.394 e. The Bertz CT molecular complexity index is 406. The van der Waals surface area contributed by atoms with E-state index in [-0.39, 0.29) is 12.2 Å². The lowest BCUT2D eigenvalue weighted by atomic mass is 9.87. The van der Waals surface area contributed by atoms with Crippen LogP contribution in [0.25, 0.3) is 0 Å². The molecule has 1 saturated heterocycles. The third-order valence-electron chi connectivity index (χ3n) is 4.22. The summed E-state index contributed by atoms with van der Waals surface area (Å²) in [4.78, 5) is 0. The summed E-state index contributed by atoms with van der Waals surface area (Å²) >= 11 is 0. The topological polar surface area (TPSA) is 163 Å². The van der Waals surface area contributed by atoms with Crippen LogP contribution in [0.2, 0.25) is 0 Å². The molecule has 0 bridgehead atoms. The summed E-state index contributed by atoms with van der Waals surface area (Å²) in [5.41, 5.74) is 0.148. The van der Waals surface area contributed by atoms with E-state index in [1.54, 1.807) is 0 Å². The fourth-order valence-electron chi connectivity index (χ4n) is 2.78. The molecule has 0 spiro atoms. The lowest BCUT2D eigenvalue weighted by molar-refractivity contribution is -0.165. The molecule has 9 nitrogen and oxygen atoms in total. The summed E-state index contributed by atoms with van der Waals surface area (Å²) in [6.07, 6.45) is -6.26. The van der Waals surface area contributed by atoms with Crippen LogP contribution in [-0.2, 0) is 4.74 Å². The quantitative estimate of drug-likeness (QED) is 0.238. The van der Waals surface area contributed by atoms with Gasteiger partial charge in [0, 0.05) is 0 Å². The van der Waals surface area contributed by atoms with Gasteiger partial charge in [0.15, 0.2) is 0 Å². The van der Waals surface area contributed by atoms with Gasteiger partial charge in [-0.25, -0.2) is 0 Å². The SMILES string of the molecule is OCC1=CC(NC2COC(CO)C(O)C2O)C(O)C(O)C1O. The Hall–Kier alpha value is -0.620. The van der Waals surface area contributed by atoms with Gasteiger partial charge in [-0.05, 0) is 5.57 Å². The summed E-state index contributed by atoms with van der Waals surface area (Å²) in [5, 5.41) is 70.3. The van der Waals surface area contributed by atoms with E-state index in [1.807, 2.05) is 0 Å². The third kappa shape index (κ3) is 3.32. The zero-order chi connectivity index (χ0) is 16.4. The fourth-order valence-corrected chi connectivity index (χ4v) is 2.78. The molecule has 8 N–H and O–H groups in total. The molecule has 1 aliphatic carbocycles. The van der Waals surface area contributed by atoms with Gasteiger partial charge in [-0.15, -0.1) is 0 Å². The number of aliphatic hydroxyl groups excluding tert-OH is 7. The first kappa shape index (κ1) is 17.7. The molecular formula is C13H23NO8. The monoisotopic (exact) mass is 321 g/mol. The molecule has 2 aliphatic rings. The molecule has 128 valence electrons. The number of aliphatic hydroxyl groups is 7. The average molecular weight is 321 g/mol. The van der Waals surface area contributed by atoms with Crippen LogP contribution in [-0.4, -0.2) is 104 Å². The maximum absolute atomic E-state index is 10.0. The first-order valence-corrected chi connectivity index (χ1v) is 7.11. The molecule has 9 heteroatoms. The van der Waals surface area contributed by atoms with E-state index in [9.17, 15) is 25.5 Å². The first-order chi connectivity index (χ1) is 10.4. The van der Waals surface area contributed by atoms with Crippen molar-refractivity contribution in [3.8, 4) is 0 Å². The van der Waals surface area contributed by atoms with Gasteiger partial charge < -0.3 is 45.8 Å². The number of nitrogens with one attached hydrogen (secondary N) is 1. The van der Waals surface area contributed by atoms with Crippen LogP contribution in [0.4, 0.5) is 0 Å². The van der Waals surface area contributed by atoms with E-state index in [0.29, 0.717) is 0 Å². The summed E-state index contributed by atoms with van der Waals surface area (Å²) < 4.78 is 5.21. The highest BCUT2D eigenvalue weighted by atomic mass is 16.5. The van der Waals surface area contributed by atoms with Gasteiger partial charge in [0.2, 0.25) is 0 Å². The lowest BCUT2D eigenvalue weighted by Gasteiger charge is -2.41. The molecule has 1 fully saturated rings. The van der Waals surface area contributed by atoms with Crippen LogP contribution in [0.3, 0.4) is 0 Å². The standard InChI is InChI=1S/C13H23NO8/c15-2-5-1-6(10(18)13(21)9(5)17)14-7-4-22-8(3-16)12(20)11(7)19/h1,6-21H,2-4H2. The number of hydrogen-bond donors (Lipinski definition) is 8. The van der Waals surface area contributed by atoms with Crippen molar-refractivity contribution in [3.05, 3.63) is 11.6 Å². The highest BCUT2D eigenvalue weighted by Gasteiger charge is 2.42. The Morgan fingerprint density at radius 1 is 1.00 bits per heavy atom. The van der Waals surface area contributed by atoms with Crippen LogP contribution in [0, 0.1) is 0 Å². The third-order valence-corrected chi connectivity index (χ3v) is 4.22. The van der Waals surface area contributed by atoms with Crippen LogP contribution < -0.4 is 5.32 Å². The molecule has 8 unspecified atom stereocenters. The number of rotatable bonds is 4. The highest BCUT2D eigenvalue weighted by molar-refractivity contribution is 5.22. The fraction of sp³-hybridized carbons (Fsp3) is 0.846.